The summed E-state index contributed by atoms with van der Waals surface area (Å²) in [7, 11) is 0. The molecule has 2 rings (SSSR count). The van der Waals surface area contributed by atoms with Crippen molar-refractivity contribution >= 4 is 11.6 Å². The predicted octanol–water partition coefficient (Wildman–Crippen LogP) is 0.766. The van der Waals surface area contributed by atoms with Gasteiger partial charge in [-0.3, -0.25) is 9.48 Å². The zero-order chi connectivity index (χ0) is 13.8. The summed E-state index contributed by atoms with van der Waals surface area (Å²) in [5.74, 6) is -0.0425. The number of hydrogen-bond donors (Lipinski definition) is 3. The highest BCUT2D eigenvalue weighted by Gasteiger charge is 2.27. The van der Waals surface area contributed by atoms with Crippen LogP contribution < -0.4 is 11.1 Å². The monoisotopic (exact) mass is 266 g/mol. The quantitative estimate of drug-likeness (QED) is 0.750. The van der Waals surface area contributed by atoms with E-state index in [1.165, 1.54) is 6.20 Å². The number of aliphatic hydroxyl groups excluding tert-OH is 1. The Kier molecular flexibility index (Phi) is 4.42. The molecule has 1 aromatic heterocycles. The first-order valence-electron chi connectivity index (χ1n) is 6.90. The number of carbonyl (C=O) groups is 1. The van der Waals surface area contributed by atoms with Crippen LogP contribution >= 0.6 is 0 Å². The largest absolute Gasteiger partial charge is 0.396 e. The number of rotatable bonds is 4. The lowest BCUT2D eigenvalue weighted by atomic mass is 9.85. The van der Waals surface area contributed by atoms with E-state index in [4.69, 9.17) is 5.73 Å². The van der Waals surface area contributed by atoms with Gasteiger partial charge in [-0.15, -0.1) is 0 Å². The minimum absolute atomic E-state index is 0.0332. The van der Waals surface area contributed by atoms with Gasteiger partial charge in [0, 0.05) is 25.1 Å². The topological polar surface area (TPSA) is 93.2 Å². The van der Waals surface area contributed by atoms with Crippen molar-refractivity contribution in [1.82, 2.24) is 15.1 Å². The van der Waals surface area contributed by atoms with E-state index in [-0.39, 0.29) is 24.5 Å². The Morgan fingerprint density at radius 2 is 2.32 bits per heavy atom. The average molecular weight is 266 g/mol. The lowest BCUT2D eigenvalue weighted by Gasteiger charge is -2.30. The van der Waals surface area contributed by atoms with E-state index >= 15 is 0 Å². The molecule has 1 aromatic rings. The summed E-state index contributed by atoms with van der Waals surface area (Å²) in [4.78, 5) is 12.3. The summed E-state index contributed by atoms with van der Waals surface area (Å²) in [6, 6.07) is 0.0332. The predicted molar refractivity (Wildman–Crippen MR) is 72.6 cm³/mol. The van der Waals surface area contributed by atoms with E-state index in [1.54, 1.807) is 4.68 Å². The Labute approximate surface area is 113 Å². The number of nitrogens with zero attached hydrogens (tertiary/aromatic N) is 2. The summed E-state index contributed by atoms with van der Waals surface area (Å²) in [6.45, 7) is 2.64. The molecule has 0 saturated heterocycles. The van der Waals surface area contributed by atoms with Crippen molar-refractivity contribution in [3.8, 4) is 0 Å². The van der Waals surface area contributed by atoms with Crippen molar-refractivity contribution in [1.29, 1.82) is 0 Å². The SMILES string of the molecule is CCn1ncc(N)c1C(=O)NC1CCCCC1CO. The molecule has 1 saturated carbocycles. The van der Waals surface area contributed by atoms with Crippen molar-refractivity contribution in [3.05, 3.63) is 11.9 Å². The molecule has 2 unspecified atom stereocenters. The average Bonchev–Trinajstić information content (AvgIpc) is 2.80. The molecule has 1 amide bonds. The van der Waals surface area contributed by atoms with Gasteiger partial charge in [0.2, 0.25) is 0 Å². The van der Waals surface area contributed by atoms with Crippen molar-refractivity contribution in [2.75, 3.05) is 12.3 Å². The van der Waals surface area contributed by atoms with Crippen LogP contribution in [0.15, 0.2) is 6.20 Å². The zero-order valence-corrected chi connectivity index (χ0v) is 11.3. The molecular formula is C13H22N4O2. The number of anilines is 1. The number of hydrogen-bond acceptors (Lipinski definition) is 4. The molecule has 1 heterocycles. The number of nitrogens with one attached hydrogen (secondary N) is 1. The van der Waals surface area contributed by atoms with Crippen molar-refractivity contribution in [2.24, 2.45) is 5.92 Å². The zero-order valence-electron chi connectivity index (χ0n) is 11.3. The van der Waals surface area contributed by atoms with Crippen LogP contribution in [0.2, 0.25) is 0 Å². The number of amides is 1. The highest BCUT2D eigenvalue weighted by atomic mass is 16.3. The molecule has 6 heteroatoms. The van der Waals surface area contributed by atoms with Crippen LogP contribution in [0.5, 0.6) is 0 Å². The summed E-state index contributed by atoms with van der Waals surface area (Å²) >= 11 is 0. The van der Waals surface area contributed by atoms with E-state index in [2.05, 4.69) is 10.4 Å². The van der Waals surface area contributed by atoms with E-state index in [0.717, 1.165) is 25.7 Å². The minimum atomic E-state index is -0.192. The summed E-state index contributed by atoms with van der Waals surface area (Å²) < 4.78 is 1.60. The van der Waals surface area contributed by atoms with Crippen LogP contribution in [0.4, 0.5) is 5.69 Å². The van der Waals surface area contributed by atoms with Gasteiger partial charge in [0.25, 0.3) is 5.91 Å². The van der Waals surface area contributed by atoms with Gasteiger partial charge in [0.05, 0.1) is 11.9 Å². The van der Waals surface area contributed by atoms with Crippen LogP contribution in [0.25, 0.3) is 0 Å². The van der Waals surface area contributed by atoms with Gasteiger partial charge in [-0.05, 0) is 19.8 Å². The fourth-order valence-electron chi connectivity index (χ4n) is 2.74. The van der Waals surface area contributed by atoms with Gasteiger partial charge in [-0.2, -0.15) is 5.10 Å². The van der Waals surface area contributed by atoms with Crippen molar-refractivity contribution < 1.29 is 9.90 Å². The van der Waals surface area contributed by atoms with Crippen LogP contribution in [-0.4, -0.2) is 33.4 Å². The summed E-state index contributed by atoms with van der Waals surface area (Å²) in [5, 5.41) is 16.4. The Morgan fingerprint density at radius 3 is 3.00 bits per heavy atom. The van der Waals surface area contributed by atoms with Gasteiger partial charge >= 0.3 is 0 Å². The third kappa shape index (κ3) is 2.89. The molecule has 2 atom stereocenters. The number of carbonyl (C=O) groups excluding carboxylic acids is 1. The Balaban J connectivity index is 2.09. The molecule has 106 valence electrons. The second-order valence-electron chi connectivity index (χ2n) is 5.07. The number of aliphatic hydroxyl groups is 1. The Morgan fingerprint density at radius 1 is 1.58 bits per heavy atom. The molecule has 1 aliphatic rings. The third-order valence-electron chi connectivity index (χ3n) is 3.84. The van der Waals surface area contributed by atoms with E-state index in [1.807, 2.05) is 6.92 Å². The number of nitrogen functional groups attached to an aromatic ring is 1. The van der Waals surface area contributed by atoms with Gasteiger partial charge in [0.1, 0.15) is 5.69 Å². The van der Waals surface area contributed by atoms with E-state index in [0.29, 0.717) is 17.9 Å². The number of aromatic nitrogens is 2. The first-order chi connectivity index (χ1) is 9.17. The first kappa shape index (κ1) is 13.9. The molecule has 4 N–H and O–H groups in total. The van der Waals surface area contributed by atoms with E-state index < -0.39 is 0 Å². The molecule has 6 nitrogen and oxygen atoms in total. The molecule has 0 aromatic carbocycles. The second kappa shape index (κ2) is 6.06. The molecule has 19 heavy (non-hydrogen) atoms. The highest BCUT2D eigenvalue weighted by Crippen LogP contribution is 2.24. The second-order valence-corrected chi connectivity index (χ2v) is 5.07. The molecular weight excluding hydrogens is 244 g/mol. The maximum atomic E-state index is 12.3. The maximum Gasteiger partial charge on any atom is 0.271 e. The van der Waals surface area contributed by atoms with Crippen LogP contribution in [0, 0.1) is 5.92 Å². The Bertz CT molecular complexity index is 444. The summed E-state index contributed by atoms with van der Waals surface area (Å²) in [5.41, 5.74) is 6.62. The fourth-order valence-corrected chi connectivity index (χ4v) is 2.74. The molecule has 0 radical (unpaired) electrons. The maximum absolute atomic E-state index is 12.3. The molecule has 1 aliphatic carbocycles. The molecule has 1 fully saturated rings. The lowest BCUT2D eigenvalue weighted by molar-refractivity contribution is 0.0863. The fraction of sp³-hybridized carbons (Fsp3) is 0.692. The Hall–Kier alpha value is -1.56. The van der Waals surface area contributed by atoms with Gasteiger partial charge in [0.15, 0.2) is 0 Å². The number of nitrogens with two attached hydrogens (primary N) is 1. The van der Waals surface area contributed by atoms with Gasteiger partial charge < -0.3 is 16.2 Å². The van der Waals surface area contributed by atoms with Crippen LogP contribution in [0.3, 0.4) is 0 Å². The van der Waals surface area contributed by atoms with Crippen LogP contribution in [0.1, 0.15) is 43.1 Å². The van der Waals surface area contributed by atoms with Gasteiger partial charge in [-0.25, -0.2) is 0 Å². The summed E-state index contributed by atoms with van der Waals surface area (Å²) in [6.07, 6.45) is 5.58. The van der Waals surface area contributed by atoms with Gasteiger partial charge in [-0.1, -0.05) is 12.8 Å². The number of aryl methyl sites for hydroxylation is 1. The van der Waals surface area contributed by atoms with Crippen molar-refractivity contribution in [3.63, 3.8) is 0 Å². The third-order valence-corrected chi connectivity index (χ3v) is 3.84. The van der Waals surface area contributed by atoms with Crippen LogP contribution in [-0.2, 0) is 6.54 Å². The molecule has 0 spiro atoms. The molecule has 0 aliphatic heterocycles. The highest BCUT2D eigenvalue weighted by molar-refractivity contribution is 5.97. The van der Waals surface area contributed by atoms with Crippen molar-refractivity contribution in [2.45, 2.75) is 45.2 Å². The smallest absolute Gasteiger partial charge is 0.271 e. The first-order valence-corrected chi connectivity index (χ1v) is 6.90. The minimum Gasteiger partial charge on any atom is -0.396 e. The normalized spacial score (nSPS) is 23.3. The molecule has 0 bridgehead atoms. The van der Waals surface area contributed by atoms with E-state index in [9.17, 15) is 9.90 Å². The lowest BCUT2D eigenvalue weighted by Crippen LogP contribution is -2.44. The standard InChI is InChI=1S/C13H22N4O2/c1-2-17-12(10(14)7-15-17)13(19)16-11-6-4-3-5-9(11)8-18/h7,9,11,18H,2-6,8,14H2,1H3,(H,16,19).